The molecule has 2 aromatic rings. The van der Waals surface area contributed by atoms with Gasteiger partial charge in [0.25, 0.3) is 0 Å². The summed E-state index contributed by atoms with van der Waals surface area (Å²) in [6.07, 6.45) is 0. The predicted octanol–water partition coefficient (Wildman–Crippen LogP) is 1.12. The Bertz CT molecular complexity index is 755. The Morgan fingerprint density at radius 2 is 1.67 bits per heavy atom. The molecule has 0 N–H and O–H groups in total. The number of rotatable bonds is 3. The first kappa shape index (κ1) is 15.0. The summed E-state index contributed by atoms with van der Waals surface area (Å²) in [4.78, 5) is 30.1. The average Bonchev–Trinajstić information content (AvgIpc) is 2.43. The largest absolute Gasteiger partial charge is 0.359 e. The minimum atomic E-state index is -0.570. The molecular weight excluding hydrogens is 268 g/mol. The van der Waals surface area contributed by atoms with Gasteiger partial charge in [-0.1, -0.05) is 26.0 Å². The van der Waals surface area contributed by atoms with E-state index in [1.54, 1.807) is 38.2 Å². The van der Waals surface area contributed by atoms with Gasteiger partial charge in [0.05, 0.1) is 5.69 Å². The van der Waals surface area contributed by atoms with Crippen molar-refractivity contribution in [3.05, 3.63) is 50.8 Å². The second kappa shape index (κ2) is 5.55. The first-order valence-electron chi connectivity index (χ1n) is 6.80. The molecule has 112 valence electrons. The van der Waals surface area contributed by atoms with Gasteiger partial charge in [-0.15, -0.1) is 0 Å². The summed E-state index contributed by atoms with van der Waals surface area (Å²) in [5, 5.41) is 0. The van der Waals surface area contributed by atoms with Crippen LogP contribution in [-0.2, 0) is 7.05 Å². The van der Waals surface area contributed by atoms with Gasteiger partial charge in [0, 0.05) is 21.1 Å². The van der Waals surface area contributed by atoms with Crippen molar-refractivity contribution in [3.63, 3.8) is 0 Å². The highest BCUT2D eigenvalue weighted by Crippen LogP contribution is 2.15. The molecule has 1 aromatic carbocycles. The highest BCUT2D eigenvalue weighted by Gasteiger charge is 2.13. The SMILES string of the molecule is CC(C)c1ccc(-n2c(=O)nc(N(C)C)n(C)c2=O)cc1. The van der Waals surface area contributed by atoms with Gasteiger partial charge in [-0.25, -0.2) is 14.2 Å². The summed E-state index contributed by atoms with van der Waals surface area (Å²) < 4.78 is 2.44. The van der Waals surface area contributed by atoms with Crippen LogP contribution in [0.2, 0.25) is 0 Å². The molecule has 0 saturated carbocycles. The molecule has 0 aliphatic carbocycles. The van der Waals surface area contributed by atoms with Crippen LogP contribution in [-0.4, -0.2) is 28.2 Å². The van der Waals surface area contributed by atoms with Crippen LogP contribution in [0.4, 0.5) is 5.95 Å². The van der Waals surface area contributed by atoms with Gasteiger partial charge >= 0.3 is 11.4 Å². The maximum Gasteiger partial charge on any atom is 0.359 e. The van der Waals surface area contributed by atoms with E-state index < -0.39 is 11.4 Å². The van der Waals surface area contributed by atoms with Crippen LogP contribution >= 0.6 is 0 Å². The first-order chi connectivity index (χ1) is 9.82. The Kier molecular flexibility index (Phi) is 3.97. The van der Waals surface area contributed by atoms with Crippen molar-refractivity contribution >= 4 is 5.95 Å². The highest BCUT2D eigenvalue weighted by molar-refractivity contribution is 5.36. The van der Waals surface area contributed by atoms with Crippen LogP contribution in [0.5, 0.6) is 0 Å². The molecule has 0 unspecified atom stereocenters. The molecule has 0 bridgehead atoms. The van der Waals surface area contributed by atoms with Crippen molar-refractivity contribution in [2.45, 2.75) is 19.8 Å². The van der Waals surface area contributed by atoms with Crippen molar-refractivity contribution in [1.29, 1.82) is 0 Å². The molecule has 1 aromatic heterocycles. The third kappa shape index (κ3) is 2.74. The highest BCUT2D eigenvalue weighted by atomic mass is 16.2. The van der Waals surface area contributed by atoms with E-state index in [9.17, 15) is 9.59 Å². The maximum absolute atomic E-state index is 12.4. The topological polar surface area (TPSA) is 60.1 Å². The lowest BCUT2D eigenvalue weighted by molar-refractivity contribution is 0.683. The smallest absolute Gasteiger partial charge is 0.348 e. The van der Waals surface area contributed by atoms with Crippen molar-refractivity contribution in [2.24, 2.45) is 7.05 Å². The van der Waals surface area contributed by atoms with Crippen LogP contribution in [0.3, 0.4) is 0 Å². The first-order valence-corrected chi connectivity index (χ1v) is 6.80. The van der Waals surface area contributed by atoms with Crippen LogP contribution in [0, 0.1) is 0 Å². The van der Waals surface area contributed by atoms with E-state index >= 15 is 0 Å². The van der Waals surface area contributed by atoms with E-state index in [-0.39, 0.29) is 0 Å². The van der Waals surface area contributed by atoms with E-state index in [4.69, 9.17) is 0 Å². The van der Waals surface area contributed by atoms with Gasteiger partial charge in [0.15, 0.2) is 0 Å². The standard InChI is InChI=1S/C15H20N4O2/c1-10(2)11-6-8-12(9-7-11)19-14(20)16-13(17(3)4)18(5)15(19)21/h6-10H,1-5H3. The lowest BCUT2D eigenvalue weighted by atomic mass is 10.0. The fourth-order valence-corrected chi connectivity index (χ4v) is 2.16. The summed E-state index contributed by atoms with van der Waals surface area (Å²) in [7, 11) is 5.08. The van der Waals surface area contributed by atoms with Gasteiger partial charge in [-0.3, -0.25) is 4.57 Å². The number of benzene rings is 1. The predicted molar refractivity (Wildman–Crippen MR) is 83.5 cm³/mol. The lowest BCUT2D eigenvalue weighted by Gasteiger charge is -2.16. The zero-order valence-electron chi connectivity index (χ0n) is 13.0. The molecule has 0 aliphatic rings. The number of aromatic nitrogens is 3. The molecule has 2 rings (SSSR count). The third-order valence-corrected chi connectivity index (χ3v) is 3.38. The normalized spacial score (nSPS) is 11.0. The van der Waals surface area contributed by atoms with Crippen molar-refractivity contribution in [3.8, 4) is 5.69 Å². The summed E-state index contributed by atoms with van der Waals surface area (Å²) in [5.41, 5.74) is 0.708. The monoisotopic (exact) mass is 288 g/mol. The average molecular weight is 288 g/mol. The summed E-state index contributed by atoms with van der Waals surface area (Å²) >= 11 is 0. The zero-order valence-corrected chi connectivity index (χ0v) is 13.0. The van der Waals surface area contributed by atoms with E-state index in [0.717, 1.165) is 10.1 Å². The molecule has 0 atom stereocenters. The second-order valence-electron chi connectivity index (χ2n) is 5.51. The van der Waals surface area contributed by atoms with Crippen molar-refractivity contribution < 1.29 is 0 Å². The molecule has 0 fully saturated rings. The fraction of sp³-hybridized carbons (Fsp3) is 0.400. The number of hydrogen-bond donors (Lipinski definition) is 0. The Balaban J connectivity index is 2.62. The van der Waals surface area contributed by atoms with E-state index in [1.165, 1.54) is 4.57 Å². The van der Waals surface area contributed by atoms with Crippen LogP contribution in [0.25, 0.3) is 5.69 Å². The molecule has 0 saturated heterocycles. The van der Waals surface area contributed by atoms with Crippen LogP contribution in [0.1, 0.15) is 25.3 Å². The summed E-state index contributed by atoms with van der Waals surface area (Å²) in [5.74, 6) is 0.730. The Morgan fingerprint density at radius 1 is 1.10 bits per heavy atom. The molecule has 1 heterocycles. The zero-order chi connectivity index (χ0) is 15.7. The van der Waals surface area contributed by atoms with Crippen molar-refractivity contribution in [1.82, 2.24) is 14.1 Å². The third-order valence-electron chi connectivity index (χ3n) is 3.38. The molecular formula is C15H20N4O2. The Labute approximate surface area is 123 Å². The number of anilines is 1. The van der Waals surface area contributed by atoms with Gasteiger partial charge in [0.1, 0.15) is 0 Å². The van der Waals surface area contributed by atoms with Crippen LogP contribution < -0.4 is 16.3 Å². The Hall–Kier alpha value is -2.37. The van der Waals surface area contributed by atoms with Crippen molar-refractivity contribution in [2.75, 3.05) is 19.0 Å². The molecule has 0 aliphatic heterocycles. The number of hydrogen-bond acceptors (Lipinski definition) is 4. The molecule has 6 nitrogen and oxygen atoms in total. The van der Waals surface area contributed by atoms with Gasteiger partial charge in [0.2, 0.25) is 5.95 Å². The minimum absolute atomic E-state index is 0.333. The van der Waals surface area contributed by atoms with E-state index in [2.05, 4.69) is 18.8 Å². The van der Waals surface area contributed by atoms with E-state index in [1.807, 2.05) is 12.1 Å². The molecule has 0 amide bonds. The molecule has 6 heteroatoms. The minimum Gasteiger partial charge on any atom is -0.348 e. The maximum atomic E-state index is 12.4. The van der Waals surface area contributed by atoms with Gasteiger partial charge in [-0.05, 0) is 23.6 Å². The molecule has 0 radical (unpaired) electrons. The molecule has 21 heavy (non-hydrogen) atoms. The fourth-order valence-electron chi connectivity index (χ4n) is 2.16. The van der Waals surface area contributed by atoms with Gasteiger partial charge < -0.3 is 4.90 Å². The summed E-state index contributed by atoms with van der Waals surface area (Å²) in [6, 6.07) is 7.39. The Morgan fingerprint density at radius 3 is 2.14 bits per heavy atom. The second-order valence-corrected chi connectivity index (χ2v) is 5.51. The van der Waals surface area contributed by atoms with Gasteiger partial charge in [-0.2, -0.15) is 4.98 Å². The molecule has 0 spiro atoms. The number of nitrogens with zero attached hydrogens (tertiary/aromatic N) is 4. The summed E-state index contributed by atoms with van der Waals surface area (Å²) in [6.45, 7) is 4.18. The van der Waals surface area contributed by atoms with E-state index in [0.29, 0.717) is 17.6 Å². The lowest BCUT2D eigenvalue weighted by Crippen LogP contribution is -2.42. The quantitative estimate of drug-likeness (QED) is 0.849. The van der Waals surface area contributed by atoms with Crippen LogP contribution in [0.15, 0.2) is 33.9 Å².